The van der Waals surface area contributed by atoms with Gasteiger partial charge in [-0.1, -0.05) is 36.4 Å². The van der Waals surface area contributed by atoms with E-state index in [4.69, 9.17) is 5.11 Å². The van der Waals surface area contributed by atoms with Gasteiger partial charge in [-0.25, -0.2) is 0 Å². The average Bonchev–Trinajstić information content (AvgIpc) is 2.42. The highest BCUT2D eigenvalue weighted by atomic mass is 16.4. The van der Waals surface area contributed by atoms with Crippen LogP contribution in [0.15, 0.2) is 48.5 Å². The quantitative estimate of drug-likeness (QED) is 0.781. The van der Waals surface area contributed by atoms with E-state index in [0.717, 1.165) is 5.56 Å². The second kappa shape index (κ2) is 6.10. The Morgan fingerprint density at radius 1 is 1.05 bits per heavy atom. The first-order valence-corrected chi connectivity index (χ1v) is 6.36. The van der Waals surface area contributed by atoms with Gasteiger partial charge in [0, 0.05) is 24.0 Å². The third kappa shape index (κ3) is 3.29. The van der Waals surface area contributed by atoms with E-state index in [1.165, 1.54) is 12.1 Å². The predicted molar refractivity (Wildman–Crippen MR) is 74.9 cm³/mol. The summed E-state index contributed by atoms with van der Waals surface area (Å²) in [5, 5.41) is 28.2. The van der Waals surface area contributed by atoms with Crippen molar-refractivity contribution in [3.05, 3.63) is 59.7 Å². The molecule has 0 saturated carbocycles. The van der Waals surface area contributed by atoms with Gasteiger partial charge in [0.05, 0.1) is 0 Å². The molecule has 0 aromatic heterocycles. The highest BCUT2D eigenvalue weighted by Gasteiger charge is 2.19. The molecule has 0 aliphatic carbocycles. The zero-order chi connectivity index (χ0) is 14.5. The number of benzene rings is 2. The minimum atomic E-state index is -0.871. The van der Waals surface area contributed by atoms with Crippen molar-refractivity contribution in [2.75, 3.05) is 0 Å². The first kappa shape index (κ1) is 13.9. The molecule has 1 unspecified atom stereocenters. The summed E-state index contributed by atoms with van der Waals surface area (Å²) in [6, 6.07) is 13.8. The van der Waals surface area contributed by atoms with Crippen molar-refractivity contribution in [2.45, 2.75) is 18.8 Å². The van der Waals surface area contributed by atoms with Crippen LogP contribution in [0, 0.1) is 0 Å². The fourth-order valence-electron chi connectivity index (χ4n) is 2.28. The molecule has 0 aliphatic rings. The number of hydrogen-bond donors (Lipinski definition) is 3. The van der Waals surface area contributed by atoms with Crippen LogP contribution in [0.1, 0.15) is 29.9 Å². The predicted octanol–water partition coefficient (Wildman–Crippen LogP) is 3.09. The van der Waals surface area contributed by atoms with Crippen LogP contribution >= 0.6 is 0 Å². The van der Waals surface area contributed by atoms with Gasteiger partial charge in [-0.05, 0) is 18.1 Å². The van der Waals surface area contributed by atoms with E-state index in [0.29, 0.717) is 12.0 Å². The number of hydrogen-bond acceptors (Lipinski definition) is 3. The van der Waals surface area contributed by atoms with E-state index in [1.807, 2.05) is 30.3 Å². The average molecular weight is 272 g/mol. The summed E-state index contributed by atoms with van der Waals surface area (Å²) < 4.78 is 0. The molecule has 0 bridgehead atoms. The third-order valence-corrected chi connectivity index (χ3v) is 3.24. The van der Waals surface area contributed by atoms with Crippen molar-refractivity contribution in [3.63, 3.8) is 0 Å². The van der Waals surface area contributed by atoms with E-state index >= 15 is 0 Å². The smallest absolute Gasteiger partial charge is 0.303 e. The normalized spacial score (nSPS) is 12.0. The zero-order valence-electron chi connectivity index (χ0n) is 10.9. The summed E-state index contributed by atoms with van der Waals surface area (Å²) in [5.41, 5.74) is 1.56. The molecule has 1 atom stereocenters. The third-order valence-electron chi connectivity index (χ3n) is 3.24. The van der Waals surface area contributed by atoms with E-state index < -0.39 is 5.97 Å². The molecule has 0 saturated heterocycles. The Kier molecular flexibility index (Phi) is 4.25. The summed E-state index contributed by atoms with van der Waals surface area (Å²) in [4.78, 5) is 10.8. The lowest BCUT2D eigenvalue weighted by atomic mass is 9.87. The molecular formula is C16H16O4. The van der Waals surface area contributed by atoms with E-state index in [1.54, 1.807) is 6.07 Å². The second-order valence-corrected chi connectivity index (χ2v) is 4.64. The summed E-state index contributed by atoms with van der Waals surface area (Å²) in [7, 11) is 0. The Morgan fingerprint density at radius 2 is 1.75 bits per heavy atom. The first-order valence-electron chi connectivity index (χ1n) is 6.36. The molecule has 0 fully saturated rings. The van der Waals surface area contributed by atoms with Crippen molar-refractivity contribution in [3.8, 4) is 11.5 Å². The molecule has 4 heteroatoms. The highest BCUT2D eigenvalue weighted by Crippen LogP contribution is 2.36. The molecule has 0 radical (unpaired) electrons. The molecule has 2 rings (SSSR count). The number of carboxylic acid groups (broad SMARTS) is 1. The number of carbonyl (C=O) groups is 1. The lowest BCUT2D eigenvalue weighted by Gasteiger charge is -2.18. The topological polar surface area (TPSA) is 77.8 Å². The standard InChI is InChI=1S/C16H16O4/c17-12-6-7-14(15(18)10-12)13(8-9-16(19)20)11-4-2-1-3-5-11/h1-7,10,13,17-18H,8-9H2,(H,19,20). The highest BCUT2D eigenvalue weighted by molar-refractivity contribution is 5.67. The maximum absolute atomic E-state index is 10.8. The van der Waals surface area contributed by atoms with E-state index in [-0.39, 0.29) is 23.8 Å². The van der Waals surface area contributed by atoms with Crippen LogP contribution in [-0.4, -0.2) is 21.3 Å². The van der Waals surface area contributed by atoms with Gasteiger partial charge in [-0.2, -0.15) is 0 Å². The van der Waals surface area contributed by atoms with Gasteiger partial charge >= 0.3 is 5.97 Å². The van der Waals surface area contributed by atoms with Crippen molar-refractivity contribution in [1.82, 2.24) is 0 Å². The molecule has 2 aromatic carbocycles. The van der Waals surface area contributed by atoms with Crippen LogP contribution in [0.25, 0.3) is 0 Å². The molecule has 2 aromatic rings. The van der Waals surface area contributed by atoms with Gasteiger partial charge in [0.2, 0.25) is 0 Å². The summed E-state index contributed by atoms with van der Waals surface area (Å²) in [6.45, 7) is 0. The first-order chi connectivity index (χ1) is 9.58. The molecule has 0 aliphatic heterocycles. The maximum atomic E-state index is 10.8. The second-order valence-electron chi connectivity index (χ2n) is 4.64. The minimum absolute atomic E-state index is 0.0138. The van der Waals surface area contributed by atoms with Crippen LogP contribution in [0.5, 0.6) is 11.5 Å². The Balaban J connectivity index is 2.37. The van der Waals surface area contributed by atoms with Crippen LogP contribution in [0.3, 0.4) is 0 Å². The largest absolute Gasteiger partial charge is 0.508 e. The number of phenolic OH excluding ortho intramolecular Hbond substituents is 2. The minimum Gasteiger partial charge on any atom is -0.508 e. The Labute approximate surface area is 116 Å². The molecular weight excluding hydrogens is 256 g/mol. The van der Waals surface area contributed by atoms with E-state index in [9.17, 15) is 15.0 Å². The summed E-state index contributed by atoms with van der Waals surface area (Å²) >= 11 is 0. The number of rotatable bonds is 5. The zero-order valence-corrected chi connectivity index (χ0v) is 10.9. The van der Waals surface area contributed by atoms with Gasteiger partial charge in [-0.3, -0.25) is 4.79 Å². The van der Waals surface area contributed by atoms with Crippen molar-refractivity contribution < 1.29 is 20.1 Å². The fraction of sp³-hybridized carbons (Fsp3) is 0.188. The van der Waals surface area contributed by atoms with Crippen LogP contribution < -0.4 is 0 Å². The van der Waals surface area contributed by atoms with Gasteiger partial charge in [0.1, 0.15) is 11.5 Å². The molecule has 0 spiro atoms. The summed E-state index contributed by atoms with van der Waals surface area (Å²) in [5.74, 6) is -1.13. The van der Waals surface area contributed by atoms with Gasteiger partial charge in [0.25, 0.3) is 0 Å². The van der Waals surface area contributed by atoms with Gasteiger partial charge < -0.3 is 15.3 Å². The van der Waals surface area contributed by atoms with E-state index in [2.05, 4.69) is 0 Å². The number of carboxylic acids is 1. The molecule has 104 valence electrons. The Bertz CT molecular complexity index is 593. The molecule has 20 heavy (non-hydrogen) atoms. The molecule has 3 N–H and O–H groups in total. The number of aliphatic carboxylic acids is 1. The Morgan fingerprint density at radius 3 is 2.35 bits per heavy atom. The SMILES string of the molecule is O=C(O)CCC(c1ccccc1)c1ccc(O)cc1O. The Hall–Kier alpha value is -2.49. The molecule has 4 nitrogen and oxygen atoms in total. The monoisotopic (exact) mass is 272 g/mol. The van der Waals surface area contributed by atoms with Crippen molar-refractivity contribution >= 4 is 5.97 Å². The maximum Gasteiger partial charge on any atom is 0.303 e. The lowest BCUT2D eigenvalue weighted by molar-refractivity contribution is -0.137. The molecule has 0 heterocycles. The van der Waals surface area contributed by atoms with Crippen molar-refractivity contribution in [1.29, 1.82) is 0 Å². The van der Waals surface area contributed by atoms with Gasteiger partial charge in [-0.15, -0.1) is 0 Å². The van der Waals surface area contributed by atoms with Gasteiger partial charge in [0.15, 0.2) is 0 Å². The van der Waals surface area contributed by atoms with Crippen LogP contribution in [0.2, 0.25) is 0 Å². The van der Waals surface area contributed by atoms with Crippen LogP contribution in [0.4, 0.5) is 0 Å². The summed E-state index contributed by atoms with van der Waals surface area (Å²) in [6.07, 6.45) is 0.400. The molecule has 0 amide bonds. The lowest BCUT2D eigenvalue weighted by Crippen LogP contribution is -2.05. The van der Waals surface area contributed by atoms with Crippen molar-refractivity contribution in [2.24, 2.45) is 0 Å². The fourth-order valence-corrected chi connectivity index (χ4v) is 2.28. The van der Waals surface area contributed by atoms with Crippen LogP contribution in [-0.2, 0) is 4.79 Å². The number of aromatic hydroxyl groups is 2. The number of phenols is 2.